The third-order valence-corrected chi connectivity index (χ3v) is 11.8. The number of Topliss-reactive ketones (excluding diaryl/α,β-unsaturated/α-hetero) is 1. The summed E-state index contributed by atoms with van der Waals surface area (Å²) in [6.07, 6.45) is 8.23. The second-order valence-electron chi connectivity index (χ2n) is 11.9. The number of carbonyl (C=O) groups is 3. The van der Waals surface area contributed by atoms with E-state index in [0.29, 0.717) is 54.1 Å². The van der Waals surface area contributed by atoms with Crippen LogP contribution in [0, 0.1) is 46.3 Å². The molecule has 4 aliphatic rings. The highest BCUT2D eigenvalue weighted by Gasteiger charge is 2.65. The van der Waals surface area contributed by atoms with E-state index < -0.39 is 0 Å². The average molecular weight is 526 g/mol. The molecule has 6 heteroatoms. The maximum atomic E-state index is 12.5. The Morgan fingerprint density at radius 1 is 1.12 bits per heavy atom. The first kappa shape index (κ1) is 25.2. The van der Waals surface area contributed by atoms with E-state index in [1.807, 2.05) is 0 Å². The molecule has 0 N–H and O–H groups in total. The Morgan fingerprint density at radius 2 is 1.82 bits per heavy atom. The van der Waals surface area contributed by atoms with Gasteiger partial charge in [0.1, 0.15) is 11.9 Å². The van der Waals surface area contributed by atoms with Crippen molar-refractivity contribution in [2.24, 2.45) is 46.3 Å². The monoisotopic (exact) mass is 524 g/mol. The highest BCUT2D eigenvalue weighted by molar-refractivity contribution is 9.10. The number of ketones is 1. The molecule has 33 heavy (non-hydrogen) atoms. The average Bonchev–Trinajstić information content (AvgIpc) is 3.13. The Hall–Kier alpha value is -0.910. The first-order chi connectivity index (χ1) is 15.5. The molecule has 5 nitrogen and oxygen atoms in total. The summed E-state index contributed by atoms with van der Waals surface area (Å²) in [7, 11) is 1.45. The van der Waals surface area contributed by atoms with Crippen molar-refractivity contribution >= 4 is 33.7 Å². The molecular weight excluding hydrogens is 484 g/mol. The van der Waals surface area contributed by atoms with E-state index in [4.69, 9.17) is 9.47 Å². The molecule has 8 unspecified atom stereocenters. The van der Waals surface area contributed by atoms with Crippen LogP contribution in [0.3, 0.4) is 0 Å². The van der Waals surface area contributed by atoms with Gasteiger partial charge in [-0.1, -0.05) is 36.7 Å². The standard InChI is InChI=1S/C27H41BrO5/c1-15(6-11-24(31)32-5)18-9-10-19-17-7-8-20-25(28)22(30)12-13-26(20,3)21(17)14-23(27(18,19)4)33-16(2)29/h15,17-21,23,25H,6-14H2,1-5H3/t15-,17?,18?,19?,20?,21?,23+,25?,26?,27?/m1/s1. The lowest BCUT2D eigenvalue weighted by atomic mass is 9.43. The minimum Gasteiger partial charge on any atom is -0.469 e. The number of halogens is 1. The summed E-state index contributed by atoms with van der Waals surface area (Å²) in [4.78, 5) is 36.5. The predicted molar refractivity (Wildman–Crippen MR) is 130 cm³/mol. The zero-order valence-corrected chi connectivity index (χ0v) is 22.5. The Bertz CT molecular complexity index is 797. The SMILES string of the molecule is COC(=O)CC[C@@H](C)C1CCC2C3CCC4C(Br)C(=O)CCC4(C)C3C[C@H](OC(C)=O)C21C. The van der Waals surface area contributed by atoms with Gasteiger partial charge in [0.15, 0.2) is 0 Å². The zero-order chi connectivity index (χ0) is 24.1. The van der Waals surface area contributed by atoms with E-state index in [1.54, 1.807) is 0 Å². The Kier molecular flexibility index (Phi) is 7.08. The first-order valence-corrected chi connectivity index (χ1v) is 13.9. The largest absolute Gasteiger partial charge is 0.469 e. The predicted octanol–water partition coefficient (Wildman–Crippen LogP) is 5.72. The lowest BCUT2D eigenvalue weighted by Crippen LogP contribution is -2.60. The van der Waals surface area contributed by atoms with Crippen molar-refractivity contribution in [3.05, 3.63) is 0 Å². The molecule has 0 amide bonds. The van der Waals surface area contributed by atoms with Gasteiger partial charge in [0.25, 0.3) is 0 Å². The lowest BCUT2D eigenvalue weighted by molar-refractivity contribution is -0.192. The molecule has 186 valence electrons. The van der Waals surface area contributed by atoms with E-state index in [-0.39, 0.29) is 33.7 Å². The van der Waals surface area contributed by atoms with Crippen LogP contribution in [0.1, 0.15) is 85.5 Å². The number of esters is 2. The van der Waals surface area contributed by atoms with Crippen molar-refractivity contribution in [3.63, 3.8) is 0 Å². The Balaban J connectivity index is 1.64. The summed E-state index contributed by atoms with van der Waals surface area (Å²) in [6.45, 7) is 8.58. The molecule has 4 rings (SSSR count). The molecule has 0 saturated heterocycles. The van der Waals surface area contributed by atoms with Crippen molar-refractivity contribution in [3.8, 4) is 0 Å². The van der Waals surface area contributed by atoms with Crippen LogP contribution in [-0.2, 0) is 23.9 Å². The van der Waals surface area contributed by atoms with Crippen LogP contribution in [0.25, 0.3) is 0 Å². The summed E-state index contributed by atoms with van der Waals surface area (Å²) < 4.78 is 11.0. The fourth-order valence-electron chi connectivity index (χ4n) is 9.01. The highest BCUT2D eigenvalue weighted by Crippen LogP contribution is 2.69. The van der Waals surface area contributed by atoms with Gasteiger partial charge in [-0.15, -0.1) is 0 Å². The second-order valence-corrected chi connectivity index (χ2v) is 12.9. The minimum absolute atomic E-state index is 0.0349. The van der Waals surface area contributed by atoms with Crippen LogP contribution in [0.4, 0.5) is 0 Å². The molecule has 0 bridgehead atoms. The molecule has 0 aromatic rings. The molecule has 0 radical (unpaired) electrons. The van der Waals surface area contributed by atoms with Gasteiger partial charge < -0.3 is 9.47 Å². The van der Waals surface area contributed by atoms with Gasteiger partial charge in [-0.05, 0) is 85.9 Å². The van der Waals surface area contributed by atoms with E-state index in [9.17, 15) is 14.4 Å². The number of ether oxygens (including phenoxy) is 2. The van der Waals surface area contributed by atoms with Crippen molar-refractivity contribution in [2.45, 2.75) is 96.4 Å². The summed E-state index contributed by atoms with van der Waals surface area (Å²) in [5.41, 5.74) is 0.0448. The van der Waals surface area contributed by atoms with Gasteiger partial charge in [0.05, 0.1) is 11.9 Å². The summed E-state index contributed by atoms with van der Waals surface area (Å²) in [6, 6.07) is 0. The van der Waals surface area contributed by atoms with Crippen molar-refractivity contribution in [1.82, 2.24) is 0 Å². The van der Waals surface area contributed by atoms with Gasteiger partial charge in [-0.3, -0.25) is 14.4 Å². The van der Waals surface area contributed by atoms with Crippen molar-refractivity contribution in [1.29, 1.82) is 0 Å². The van der Waals surface area contributed by atoms with Crippen molar-refractivity contribution in [2.75, 3.05) is 7.11 Å². The number of rotatable bonds is 5. The summed E-state index contributed by atoms with van der Waals surface area (Å²) in [5, 5.41) is 0. The van der Waals surface area contributed by atoms with Crippen LogP contribution < -0.4 is 0 Å². The number of hydrogen-bond donors (Lipinski definition) is 0. The molecule has 4 saturated carbocycles. The van der Waals surface area contributed by atoms with Crippen molar-refractivity contribution < 1.29 is 23.9 Å². The Morgan fingerprint density at radius 3 is 2.48 bits per heavy atom. The van der Waals surface area contributed by atoms with Crippen LogP contribution in [0.5, 0.6) is 0 Å². The van der Waals surface area contributed by atoms with Crippen LogP contribution in [0.2, 0.25) is 0 Å². The smallest absolute Gasteiger partial charge is 0.305 e. The topological polar surface area (TPSA) is 69.7 Å². The molecule has 10 atom stereocenters. The molecule has 4 aliphatic carbocycles. The fraction of sp³-hybridized carbons (Fsp3) is 0.889. The highest BCUT2D eigenvalue weighted by atomic mass is 79.9. The van der Waals surface area contributed by atoms with E-state index in [2.05, 4.69) is 36.7 Å². The van der Waals surface area contributed by atoms with Gasteiger partial charge >= 0.3 is 11.9 Å². The molecule has 0 aromatic carbocycles. The van der Waals surface area contributed by atoms with E-state index in [1.165, 1.54) is 20.5 Å². The molecule has 0 aromatic heterocycles. The summed E-state index contributed by atoms with van der Waals surface area (Å²) in [5.74, 6) is 2.82. The lowest BCUT2D eigenvalue weighted by Gasteiger charge is -2.62. The van der Waals surface area contributed by atoms with Crippen LogP contribution >= 0.6 is 15.9 Å². The molecule has 4 fully saturated rings. The zero-order valence-electron chi connectivity index (χ0n) is 20.9. The number of fused-ring (bicyclic) bond motifs is 5. The third-order valence-electron chi connectivity index (χ3n) is 10.7. The normalized spacial score (nSPS) is 45.4. The van der Waals surface area contributed by atoms with Crippen LogP contribution in [-0.4, -0.2) is 35.8 Å². The van der Waals surface area contributed by atoms with Gasteiger partial charge in [-0.25, -0.2) is 0 Å². The van der Waals surface area contributed by atoms with E-state index in [0.717, 1.165) is 38.5 Å². The minimum atomic E-state index is -0.194. The third kappa shape index (κ3) is 4.10. The first-order valence-electron chi connectivity index (χ1n) is 12.9. The second kappa shape index (κ2) is 9.28. The molecule has 0 aliphatic heterocycles. The maximum absolute atomic E-state index is 12.5. The molecule has 0 spiro atoms. The number of carbonyl (C=O) groups excluding carboxylic acids is 3. The fourth-order valence-corrected chi connectivity index (χ4v) is 10.1. The quantitative estimate of drug-likeness (QED) is 0.339. The van der Waals surface area contributed by atoms with Crippen LogP contribution in [0.15, 0.2) is 0 Å². The Labute approximate surface area is 207 Å². The number of methoxy groups -OCH3 is 1. The summed E-state index contributed by atoms with van der Waals surface area (Å²) >= 11 is 3.76. The van der Waals surface area contributed by atoms with Gasteiger partial charge in [-0.2, -0.15) is 0 Å². The molecular formula is C27H41BrO5. The van der Waals surface area contributed by atoms with E-state index >= 15 is 0 Å². The number of alkyl halides is 1. The number of hydrogen-bond acceptors (Lipinski definition) is 5. The maximum Gasteiger partial charge on any atom is 0.305 e. The molecule has 0 heterocycles. The van der Waals surface area contributed by atoms with Gasteiger partial charge in [0, 0.05) is 25.2 Å². The van der Waals surface area contributed by atoms with Gasteiger partial charge in [0.2, 0.25) is 0 Å².